The van der Waals surface area contributed by atoms with Gasteiger partial charge in [0.25, 0.3) is 7.41 Å². The first-order valence-corrected chi connectivity index (χ1v) is 7.37. The SMILES string of the molecule is Cc1ccc(N2BCCO2)c(-c2cc(Cl)cc(Cl)c2)c1. The summed E-state index contributed by atoms with van der Waals surface area (Å²) in [6.07, 6.45) is 1.05. The maximum atomic E-state index is 6.12. The number of rotatable bonds is 2. The van der Waals surface area contributed by atoms with Gasteiger partial charge in [0, 0.05) is 15.6 Å². The molecule has 5 heteroatoms. The van der Waals surface area contributed by atoms with Gasteiger partial charge in [-0.1, -0.05) is 34.8 Å². The van der Waals surface area contributed by atoms with Gasteiger partial charge in [-0.15, -0.1) is 0 Å². The Morgan fingerprint density at radius 1 is 1.10 bits per heavy atom. The van der Waals surface area contributed by atoms with Crippen LogP contribution in [-0.4, -0.2) is 14.0 Å². The lowest BCUT2D eigenvalue weighted by atomic mass is 9.88. The van der Waals surface area contributed by atoms with E-state index in [1.54, 1.807) is 6.07 Å². The van der Waals surface area contributed by atoms with E-state index in [9.17, 15) is 0 Å². The van der Waals surface area contributed by atoms with Crippen molar-refractivity contribution in [3.05, 3.63) is 52.0 Å². The fraction of sp³-hybridized carbons (Fsp3) is 0.200. The van der Waals surface area contributed by atoms with Crippen LogP contribution in [0.3, 0.4) is 0 Å². The molecule has 20 heavy (non-hydrogen) atoms. The highest BCUT2D eigenvalue weighted by Crippen LogP contribution is 2.35. The minimum absolute atomic E-state index is 0.641. The zero-order valence-electron chi connectivity index (χ0n) is 11.2. The molecule has 1 fully saturated rings. The molecule has 102 valence electrons. The maximum absolute atomic E-state index is 6.12. The molecule has 0 amide bonds. The van der Waals surface area contributed by atoms with E-state index in [0.717, 1.165) is 37.2 Å². The molecule has 2 nitrogen and oxygen atoms in total. The maximum Gasteiger partial charge on any atom is 0.275 e. The standard InChI is InChI=1S/C15H14BCl2NO/c1-10-2-3-15(19-16-4-5-20-19)14(6-10)11-7-12(17)9-13(18)8-11/h2-3,6-9,16H,4-5H2,1H3. The van der Waals surface area contributed by atoms with Gasteiger partial charge in [-0.3, -0.25) is 4.84 Å². The van der Waals surface area contributed by atoms with Gasteiger partial charge in [0.2, 0.25) is 0 Å². The second-order valence-corrected chi connectivity index (χ2v) is 5.84. The summed E-state index contributed by atoms with van der Waals surface area (Å²) >= 11 is 12.2. The Morgan fingerprint density at radius 3 is 2.50 bits per heavy atom. The molecule has 1 heterocycles. The summed E-state index contributed by atoms with van der Waals surface area (Å²) in [5.41, 5.74) is 4.36. The van der Waals surface area contributed by atoms with Crippen molar-refractivity contribution < 1.29 is 4.84 Å². The van der Waals surface area contributed by atoms with Crippen molar-refractivity contribution in [2.24, 2.45) is 0 Å². The molecule has 0 spiro atoms. The summed E-state index contributed by atoms with van der Waals surface area (Å²) in [7, 11) is 0.907. The lowest BCUT2D eigenvalue weighted by Crippen LogP contribution is -2.19. The van der Waals surface area contributed by atoms with E-state index in [2.05, 4.69) is 25.1 Å². The van der Waals surface area contributed by atoms with E-state index >= 15 is 0 Å². The fourth-order valence-electron chi connectivity index (χ4n) is 2.45. The molecule has 3 rings (SSSR count). The van der Waals surface area contributed by atoms with Crippen LogP contribution in [0.1, 0.15) is 5.56 Å². The third-order valence-electron chi connectivity index (χ3n) is 3.35. The second-order valence-electron chi connectivity index (χ2n) is 4.97. The molecule has 0 unspecified atom stereocenters. The van der Waals surface area contributed by atoms with Gasteiger partial charge in [0.15, 0.2) is 0 Å². The zero-order valence-corrected chi connectivity index (χ0v) is 12.7. The van der Waals surface area contributed by atoms with E-state index < -0.39 is 0 Å². The van der Waals surface area contributed by atoms with Crippen LogP contribution in [0.15, 0.2) is 36.4 Å². The van der Waals surface area contributed by atoms with E-state index in [1.807, 2.05) is 17.1 Å². The van der Waals surface area contributed by atoms with Crippen molar-refractivity contribution in [1.82, 2.24) is 0 Å². The normalized spacial score (nSPS) is 14.4. The topological polar surface area (TPSA) is 12.5 Å². The minimum atomic E-state index is 0.641. The van der Waals surface area contributed by atoms with E-state index in [-0.39, 0.29) is 0 Å². The van der Waals surface area contributed by atoms with Crippen LogP contribution in [0.2, 0.25) is 16.4 Å². The number of halogens is 2. The van der Waals surface area contributed by atoms with Gasteiger partial charge in [0.1, 0.15) is 0 Å². The Bertz CT molecular complexity index is 622. The summed E-state index contributed by atoms with van der Waals surface area (Å²) in [6.45, 7) is 2.84. The Labute approximate surface area is 129 Å². The van der Waals surface area contributed by atoms with Crippen LogP contribution < -0.4 is 4.97 Å². The number of aryl methyl sites for hydroxylation is 1. The predicted octanol–water partition coefficient (Wildman–Crippen LogP) is 4.49. The largest absolute Gasteiger partial charge is 0.304 e. The van der Waals surface area contributed by atoms with Crippen LogP contribution in [-0.2, 0) is 4.84 Å². The zero-order chi connectivity index (χ0) is 14.1. The highest BCUT2D eigenvalue weighted by molar-refractivity contribution is 6.42. The summed E-state index contributed by atoms with van der Waals surface area (Å²) in [5.74, 6) is 0. The van der Waals surface area contributed by atoms with Gasteiger partial charge in [-0.05, 0) is 49.1 Å². The highest BCUT2D eigenvalue weighted by atomic mass is 35.5. The van der Waals surface area contributed by atoms with E-state index in [4.69, 9.17) is 28.0 Å². The van der Waals surface area contributed by atoms with Crippen LogP contribution in [0, 0.1) is 6.92 Å². The molecule has 0 bridgehead atoms. The van der Waals surface area contributed by atoms with Gasteiger partial charge in [-0.25, -0.2) is 0 Å². The summed E-state index contributed by atoms with van der Waals surface area (Å²) in [6, 6.07) is 11.9. The molecule has 2 aromatic rings. The highest BCUT2D eigenvalue weighted by Gasteiger charge is 2.19. The van der Waals surface area contributed by atoms with Crippen molar-refractivity contribution in [2.75, 3.05) is 11.6 Å². The molecule has 0 aliphatic carbocycles. The smallest absolute Gasteiger partial charge is 0.275 e. The number of benzene rings is 2. The number of hydrogen-bond acceptors (Lipinski definition) is 2. The van der Waals surface area contributed by atoms with Crippen molar-refractivity contribution in [2.45, 2.75) is 13.2 Å². The summed E-state index contributed by atoms with van der Waals surface area (Å²) < 4.78 is 0. The molecule has 0 atom stereocenters. The molecule has 0 aromatic heterocycles. The average molecular weight is 306 g/mol. The molecule has 1 aliphatic heterocycles. The van der Waals surface area contributed by atoms with Crippen LogP contribution in [0.4, 0.5) is 5.69 Å². The third kappa shape index (κ3) is 2.80. The molecule has 2 aromatic carbocycles. The summed E-state index contributed by atoms with van der Waals surface area (Å²) in [5, 5.41) is 1.28. The van der Waals surface area contributed by atoms with E-state index in [1.165, 1.54) is 5.56 Å². The van der Waals surface area contributed by atoms with Gasteiger partial charge >= 0.3 is 0 Å². The molecule has 0 radical (unpaired) electrons. The Morgan fingerprint density at radius 2 is 1.85 bits per heavy atom. The summed E-state index contributed by atoms with van der Waals surface area (Å²) in [4.78, 5) is 7.62. The van der Waals surface area contributed by atoms with Crippen molar-refractivity contribution in [3.63, 3.8) is 0 Å². The van der Waals surface area contributed by atoms with Crippen LogP contribution in [0.5, 0.6) is 0 Å². The minimum Gasteiger partial charge on any atom is -0.304 e. The lowest BCUT2D eigenvalue weighted by molar-refractivity contribution is 0.185. The monoisotopic (exact) mass is 305 g/mol. The lowest BCUT2D eigenvalue weighted by Gasteiger charge is -2.21. The molecular formula is C15H14BCl2NO. The average Bonchev–Trinajstić information content (AvgIpc) is 2.91. The Hall–Kier alpha value is -1.16. The first-order chi connectivity index (χ1) is 9.63. The molecule has 0 saturated carbocycles. The van der Waals surface area contributed by atoms with Gasteiger partial charge in [-0.2, -0.15) is 0 Å². The van der Waals surface area contributed by atoms with Gasteiger partial charge < -0.3 is 4.97 Å². The van der Waals surface area contributed by atoms with Crippen LogP contribution in [0.25, 0.3) is 11.1 Å². The number of hydrogen-bond donors (Lipinski definition) is 0. The predicted molar refractivity (Wildman–Crippen MR) is 87.0 cm³/mol. The van der Waals surface area contributed by atoms with Crippen LogP contribution >= 0.6 is 23.2 Å². The van der Waals surface area contributed by atoms with Gasteiger partial charge in [0.05, 0.1) is 12.3 Å². The number of nitrogens with zero attached hydrogens (tertiary/aromatic N) is 1. The first kappa shape index (κ1) is 13.8. The third-order valence-corrected chi connectivity index (χ3v) is 3.78. The van der Waals surface area contributed by atoms with E-state index in [0.29, 0.717) is 10.0 Å². The van der Waals surface area contributed by atoms with Crippen molar-refractivity contribution >= 4 is 36.3 Å². The van der Waals surface area contributed by atoms with Crippen molar-refractivity contribution in [3.8, 4) is 11.1 Å². The molecule has 1 aliphatic rings. The molecule has 1 saturated heterocycles. The fourth-order valence-corrected chi connectivity index (χ4v) is 2.97. The van der Waals surface area contributed by atoms with Crippen molar-refractivity contribution in [1.29, 1.82) is 0 Å². The quantitative estimate of drug-likeness (QED) is 0.758. The first-order valence-electron chi connectivity index (χ1n) is 6.61. The Balaban J connectivity index is 2.13. The molecule has 0 N–H and O–H groups in total. The Kier molecular flexibility index (Phi) is 3.93. The molecular weight excluding hydrogens is 292 g/mol. The number of anilines is 1. The second kappa shape index (κ2) is 5.68.